The van der Waals surface area contributed by atoms with Crippen molar-refractivity contribution < 1.29 is 146 Å². The van der Waals surface area contributed by atoms with E-state index in [0.29, 0.717) is 86.0 Å². The topological polar surface area (TPSA) is 620 Å². The number of esters is 2. The molecule has 0 saturated carbocycles. The molecule has 0 radical (unpaired) electrons. The van der Waals surface area contributed by atoms with Crippen molar-refractivity contribution >= 4 is 127 Å². The molecule has 22 N–H and O–H groups in total. The second-order valence-electron chi connectivity index (χ2n) is 36.5. The Morgan fingerprint density at radius 3 is 1.03 bits per heavy atom. The number of amides is 4. The van der Waals surface area contributed by atoms with Crippen LogP contribution < -0.4 is 55.0 Å². The third-order valence-electron chi connectivity index (χ3n) is 21.6. The highest BCUT2D eigenvalue weighted by Gasteiger charge is 2.34. The Morgan fingerprint density at radius 1 is 0.349 bits per heavy atom. The predicted octanol–water partition coefficient (Wildman–Crippen LogP) is 19.5. The van der Waals surface area contributed by atoms with Crippen molar-refractivity contribution in [2.24, 2.45) is 23.3 Å². The van der Waals surface area contributed by atoms with Gasteiger partial charge in [0.15, 0.2) is 33.3 Å². The number of hydroxylamine groups is 1. The molecule has 0 atom stereocenters. The summed E-state index contributed by atoms with van der Waals surface area (Å²) in [7, 11) is -1.67. The van der Waals surface area contributed by atoms with E-state index in [9.17, 15) is 63.3 Å². The van der Waals surface area contributed by atoms with E-state index in [4.69, 9.17) is 85.8 Å². The van der Waals surface area contributed by atoms with Crippen molar-refractivity contribution in [3.8, 4) is 33.4 Å². The molecule has 0 heterocycles. The Morgan fingerprint density at radius 2 is 0.671 bits per heavy atom. The number of nitrogen functional groups attached to an aromatic ring is 2. The summed E-state index contributed by atoms with van der Waals surface area (Å²) < 4.78 is 38.0. The number of anilines is 6. The van der Waals surface area contributed by atoms with Crippen LogP contribution in [0.15, 0.2) is 146 Å². The van der Waals surface area contributed by atoms with Crippen molar-refractivity contribution in [1.82, 2.24) is 10.8 Å². The number of ether oxygens (including phenoxy) is 5. The van der Waals surface area contributed by atoms with Crippen LogP contribution in [0.3, 0.4) is 0 Å². The molecule has 8 rings (SSSR count). The number of carbonyl (C=O) groups excluding carboxylic acids is 6. The van der Waals surface area contributed by atoms with Crippen molar-refractivity contribution in [2.75, 3.05) is 100 Å². The maximum absolute atomic E-state index is 13.5. The maximum atomic E-state index is 13.5. The zero-order valence-electron chi connectivity index (χ0n) is 86.9. The average Bonchev–Trinajstić information content (AvgIpc) is 0.808. The van der Waals surface area contributed by atoms with Crippen LogP contribution in [0.5, 0.6) is 0 Å². The number of carboxylic acids is 4. The van der Waals surface area contributed by atoms with E-state index in [1.165, 1.54) is 80.2 Å². The molecule has 0 aliphatic heterocycles. The lowest BCUT2D eigenvalue weighted by atomic mass is 9.95. The number of unbranched alkanes of at least 4 members (excludes halogenated alkanes) is 2. The highest BCUT2D eigenvalue weighted by molar-refractivity contribution is 6.85. The number of nitrogens with two attached hydrogens (primary N) is 4. The van der Waals surface area contributed by atoms with Crippen LogP contribution in [0, 0.1) is 11.8 Å². The van der Waals surface area contributed by atoms with Crippen molar-refractivity contribution in [2.45, 2.75) is 210 Å². The molecule has 146 heavy (non-hydrogen) atoms. The second-order valence-corrected chi connectivity index (χ2v) is 54.2. The summed E-state index contributed by atoms with van der Waals surface area (Å²) in [4.78, 5) is 141. The first-order valence-electron chi connectivity index (χ1n) is 47.7. The van der Waals surface area contributed by atoms with Gasteiger partial charge in [-0.25, -0.2) is 53.8 Å². The third-order valence-corrected chi connectivity index (χ3v) is 36.7. The van der Waals surface area contributed by atoms with E-state index < -0.39 is 87.1 Å². The summed E-state index contributed by atoms with van der Waals surface area (Å²) in [6.07, 6.45) is 6.50. The van der Waals surface area contributed by atoms with E-state index in [1.807, 2.05) is 18.2 Å². The first kappa shape index (κ1) is 128. The standard InChI is InChI=1S/C31H36N4O10.C28H43NO7Si2.C16H14O8.C13H19N3O4.C10H28N2OSi2.C4H10/c1-18(2)30(39)42-9-10-43-31(40)35-25-14-23(32-3)13-24(15-25)34-28(36)27-12-20(7-8-26(27)29(37)38)19-5-6-21(17-45-41)22(11-19)16-44-33-4;1-7-8-15-37(3,4)36-38(5,6)16-9-14-29-27(30)26-18-22(12-13-25(26)28(31)32)21-10-11-23(20-35-33)24(17-21)19-34-2;17-15(18)13-4-3-10(6-14(13)16(19)20)9-1-2-11(7-23-21)12(5-9)8-24-22;1-8(2)12(17)19-3-4-20-13(18)16-11-6-9(14)5-10(15)7-11;1-14(2,9-5-7-11)13-15(3,4)10-6-8-12;1-3-4-2/h5-8,11-15,18,32-33,41H,9-10,16-17H2,1-4H3,(H,34,36)(H,35,40)(H,37,38);10-13,17-18,33H,7-9,14-16,19-20H2,1-6H3,(H,29,30)(H,31,32);1-6,21-22H,7-8H2,(H,17,18)(H,19,20);5-8H,3-4,14-15H2,1-2H3,(H,16,18);5-12H2,1-4H3;3-4H2,1-2H3. The summed E-state index contributed by atoms with van der Waals surface area (Å²) in [5.74, 6) is -7.50. The number of aromatic carboxylic acids is 4. The molecular weight excluding hydrogens is 1960 g/mol. The first-order chi connectivity index (χ1) is 69.1. The van der Waals surface area contributed by atoms with Gasteiger partial charge in [-0.15, -0.1) is 0 Å². The number of rotatable bonds is 52. The minimum atomic E-state index is -1.86. The van der Waals surface area contributed by atoms with Crippen molar-refractivity contribution in [3.63, 3.8) is 0 Å². The van der Waals surface area contributed by atoms with Crippen LogP contribution in [0.2, 0.25) is 76.6 Å². The molecule has 0 aromatic heterocycles. The lowest BCUT2D eigenvalue weighted by Crippen LogP contribution is -2.44. The molecule has 0 spiro atoms. The molecule has 8 aromatic carbocycles. The Balaban J connectivity index is 0.000000488. The first-order valence-corrected chi connectivity index (χ1v) is 60.2. The summed E-state index contributed by atoms with van der Waals surface area (Å²) in [5.41, 5.74) is 34.2. The van der Waals surface area contributed by atoms with Gasteiger partial charge in [0.05, 0.1) is 58.4 Å². The van der Waals surface area contributed by atoms with Gasteiger partial charge in [0, 0.05) is 61.9 Å². The normalized spacial score (nSPS) is 11.1. The van der Waals surface area contributed by atoms with Crippen molar-refractivity contribution in [3.05, 3.63) is 212 Å². The molecule has 0 saturated heterocycles. The van der Waals surface area contributed by atoms with Gasteiger partial charge in [0.25, 0.3) is 11.8 Å². The number of methoxy groups -OCH3 is 1. The van der Waals surface area contributed by atoms with Crippen LogP contribution in [0.1, 0.15) is 189 Å². The van der Waals surface area contributed by atoms with E-state index >= 15 is 0 Å². The fraction of sp³-hybridized carbons (Fsp3) is 0.431. The van der Waals surface area contributed by atoms with Crippen LogP contribution in [0.4, 0.5) is 43.7 Å². The van der Waals surface area contributed by atoms with Gasteiger partial charge in [-0.3, -0.25) is 55.7 Å². The van der Waals surface area contributed by atoms with Gasteiger partial charge in [-0.05, 0) is 267 Å². The van der Waals surface area contributed by atoms with Crippen LogP contribution in [-0.2, 0) is 106 Å². The van der Waals surface area contributed by atoms with Crippen LogP contribution in [0.25, 0.3) is 33.4 Å². The van der Waals surface area contributed by atoms with E-state index in [1.54, 1.807) is 134 Å². The van der Waals surface area contributed by atoms with Crippen molar-refractivity contribution in [1.29, 1.82) is 0 Å². The lowest BCUT2D eigenvalue weighted by Gasteiger charge is -2.34. The van der Waals surface area contributed by atoms with Gasteiger partial charge in [-0.2, -0.15) is 0 Å². The molecule has 0 aliphatic rings. The Labute approximate surface area is 857 Å². The van der Waals surface area contributed by atoms with E-state index in [2.05, 4.69) is 125 Å². The molecule has 4 amide bonds. The molecule has 0 bridgehead atoms. The molecule has 0 fully saturated rings. The number of benzene rings is 8. The zero-order valence-corrected chi connectivity index (χ0v) is 90.9. The fourth-order valence-corrected chi connectivity index (χ4v) is 32.3. The number of hydrogen-bond donors (Lipinski definition) is 18. The summed E-state index contributed by atoms with van der Waals surface area (Å²) in [6, 6.07) is 42.6. The molecule has 0 unspecified atom stereocenters. The quantitative estimate of drug-likeness (QED) is 0.00320. The van der Waals surface area contributed by atoms with Gasteiger partial charge >= 0.3 is 48.0 Å². The molecule has 0 aliphatic carbocycles. The van der Waals surface area contributed by atoms with Gasteiger partial charge in [0.2, 0.25) is 0 Å². The Hall–Kier alpha value is -12.3. The summed E-state index contributed by atoms with van der Waals surface area (Å²) in [6.45, 7) is 33.5. The highest BCUT2D eigenvalue weighted by atomic mass is 28.4. The van der Waals surface area contributed by atoms with Crippen LogP contribution in [-0.4, -0.2) is 202 Å². The molecule has 8 aromatic rings. The number of hydrogen-bond acceptors (Lipinski definition) is 32. The smallest absolute Gasteiger partial charge is 0.411 e. The maximum Gasteiger partial charge on any atom is 0.411 e. The molecule has 44 heteroatoms. The predicted molar refractivity (Wildman–Crippen MR) is 570 cm³/mol. The summed E-state index contributed by atoms with van der Waals surface area (Å²) in [5, 5.41) is 86.2. The largest absolute Gasteiger partial charge is 0.478 e. The Kier molecular flexibility index (Phi) is 58.5. The average molecular weight is 2110 g/mol. The number of nitrogens with one attached hydrogen (secondary N) is 6. The number of carboxylic acid groups (broad SMARTS) is 4. The van der Waals surface area contributed by atoms with Gasteiger partial charge in [0.1, 0.15) is 52.9 Å². The van der Waals surface area contributed by atoms with E-state index in [-0.39, 0.29) is 122 Å². The van der Waals surface area contributed by atoms with E-state index in [0.717, 1.165) is 61.1 Å². The zero-order chi connectivity index (χ0) is 109. The van der Waals surface area contributed by atoms with Gasteiger partial charge in [-0.1, -0.05) is 129 Å². The fourth-order valence-electron chi connectivity index (χ4n) is 14.3. The minimum Gasteiger partial charge on any atom is -0.478 e. The minimum absolute atomic E-state index is 0.0174. The van der Waals surface area contributed by atoms with Crippen LogP contribution >= 0.6 is 0 Å². The highest BCUT2D eigenvalue weighted by Crippen LogP contribution is 2.34. The molecule has 804 valence electrons. The Bertz CT molecular complexity index is 5460. The number of carbonyl (C=O) groups is 10. The second kappa shape index (κ2) is 66.8. The lowest BCUT2D eigenvalue weighted by molar-refractivity contribution is -0.258. The molecular formula is C102H150N10O30Si4. The monoisotopic (exact) mass is 2110 g/mol. The third kappa shape index (κ3) is 47.9. The summed E-state index contributed by atoms with van der Waals surface area (Å²) >= 11 is 0. The molecule has 40 nitrogen and oxygen atoms in total. The van der Waals surface area contributed by atoms with Gasteiger partial charge < -0.3 is 91.2 Å². The SMILES string of the molecule is CC(C)C(=O)OCCOC(=O)Nc1cc(N)cc(N)c1.CCCC.CCCC[Si](C)(C)O[Si](C)(C)CCCNC(=O)c1cc(-c2ccc(COO)c(COC)c2)ccc1C(=O)O.CNOCc1cc(-c2ccc(C(=O)O)c(C(=O)Nc3cc(NC)cc(NC(=O)OCCOC(=O)C(C)C)c3)c2)ccc1COO.C[Si](C)(CCCN)O[Si](C)(C)CCCN.O=C(O)c1ccc(-c2ccc(COO)c(COO)c2)cc1C(=O)O.